The molecule has 0 fully saturated rings. The minimum atomic E-state index is -0.549. The first-order valence-electron chi connectivity index (χ1n) is 9.41. The van der Waals surface area contributed by atoms with Crippen molar-refractivity contribution in [3.05, 3.63) is 34.9 Å². The summed E-state index contributed by atoms with van der Waals surface area (Å²) in [6.07, 6.45) is 2.31. The molecule has 0 saturated carbocycles. The molecule has 4 N–H and O–H groups in total. The van der Waals surface area contributed by atoms with Crippen LogP contribution in [0.2, 0.25) is 0 Å². The molecule has 2 heterocycles. The Hall–Kier alpha value is -3.11. The molecule has 10 nitrogen and oxygen atoms in total. The van der Waals surface area contributed by atoms with Gasteiger partial charge in [0.2, 0.25) is 5.91 Å². The van der Waals surface area contributed by atoms with E-state index in [1.54, 1.807) is 18.2 Å². The number of nitrogens with one attached hydrogen (secondary N) is 2. The second-order valence-corrected chi connectivity index (χ2v) is 6.86. The predicted octanol–water partition coefficient (Wildman–Crippen LogP) is 0.498. The van der Waals surface area contributed by atoms with Crippen molar-refractivity contribution in [2.45, 2.75) is 13.0 Å². The van der Waals surface area contributed by atoms with Crippen LogP contribution in [0.5, 0.6) is 17.2 Å². The lowest BCUT2D eigenvalue weighted by atomic mass is 10.2. The third kappa shape index (κ3) is 5.24. The van der Waals surface area contributed by atoms with Gasteiger partial charge in [-0.2, -0.15) is 4.98 Å². The molecule has 0 unspecified atom stereocenters. The van der Waals surface area contributed by atoms with Crippen LogP contribution in [0, 0.1) is 0 Å². The number of anilines is 2. The number of carbonyl (C=O) groups excluding carboxylic acids is 1. The first kappa shape index (κ1) is 20.6. The maximum atomic E-state index is 12.3. The summed E-state index contributed by atoms with van der Waals surface area (Å²) in [5.41, 5.74) is 5.52. The van der Waals surface area contributed by atoms with Crippen LogP contribution >= 0.6 is 0 Å². The van der Waals surface area contributed by atoms with Crippen molar-refractivity contribution >= 4 is 17.4 Å². The van der Waals surface area contributed by atoms with Gasteiger partial charge < -0.3 is 30.7 Å². The zero-order chi connectivity index (χ0) is 20.8. The fourth-order valence-electron chi connectivity index (χ4n) is 2.83. The maximum absolute atomic E-state index is 12.3. The summed E-state index contributed by atoms with van der Waals surface area (Å²) in [4.78, 5) is 30.5. The van der Waals surface area contributed by atoms with Crippen molar-refractivity contribution < 1.29 is 14.3 Å². The number of hydrogen-bond acceptors (Lipinski definition) is 8. The number of rotatable bonds is 9. The SMILES string of the molecule is CN(C)CCCNC(=O)Cn1cc2c(nc1=O)Nc1c(OCCN)cccc1O2. The van der Waals surface area contributed by atoms with E-state index >= 15 is 0 Å². The summed E-state index contributed by atoms with van der Waals surface area (Å²) in [5, 5.41) is 5.87. The van der Waals surface area contributed by atoms with Crippen LogP contribution in [-0.2, 0) is 11.3 Å². The molecule has 1 amide bonds. The van der Waals surface area contributed by atoms with Crippen molar-refractivity contribution in [3.63, 3.8) is 0 Å². The van der Waals surface area contributed by atoms with E-state index in [1.807, 2.05) is 19.0 Å². The molecule has 2 aromatic rings. The molecule has 1 aliphatic rings. The summed E-state index contributed by atoms with van der Waals surface area (Å²) in [6, 6.07) is 5.34. The lowest BCUT2D eigenvalue weighted by molar-refractivity contribution is -0.121. The first-order chi connectivity index (χ1) is 14.0. The molecule has 1 aromatic heterocycles. The minimum Gasteiger partial charge on any atom is -0.490 e. The topological polar surface area (TPSA) is 124 Å². The Labute approximate surface area is 168 Å². The van der Waals surface area contributed by atoms with Gasteiger partial charge in [-0.1, -0.05) is 6.07 Å². The zero-order valence-electron chi connectivity index (χ0n) is 16.6. The van der Waals surface area contributed by atoms with Crippen LogP contribution in [0.15, 0.2) is 29.2 Å². The van der Waals surface area contributed by atoms with Crippen molar-refractivity contribution in [2.75, 3.05) is 45.7 Å². The average molecular weight is 402 g/mol. The molecule has 0 aliphatic carbocycles. The van der Waals surface area contributed by atoms with E-state index in [4.69, 9.17) is 15.2 Å². The highest BCUT2D eigenvalue weighted by Crippen LogP contribution is 2.44. The van der Waals surface area contributed by atoms with Gasteiger partial charge in [0.25, 0.3) is 0 Å². The Balaban J connectivity index is 1.70. The summed E-state index contributed by atoms with van der Waals surface area (Å²) in [5.74, 6) is 1.46. The Morgan fingerprint density at radius 2 is 2.21 bits per heavy atom. The Morgan fingerprint density at radius 3 is 2.97 bits per heavy atom. The second kappa shape index (κ2) is 9.39. The van der Waals surface area contributed by atoms with Crippen LogP contribution in [0.3, 0.4) is 0 Å². The molecule has 156 valence electrons. The number of amides is 1. The van der Waals surface area contributed by atoms with E-state index < -0.39 is 5.69 Å². The monoisotopic (exact) mass is 402 g/mol. The minimum absolute atomic E-state index is 0.128. The number of nitrogens with zero attached hydrogens (tertiary/aromatic N) is 3. The molecule has 3 rings (SSSR count). The van der Waals surface area contributed by atoms with Crippen molar-refractivity contribution in [3.8, 4) is 17.2 Å². The largest absolute Gasteiger partial charge is 0.490 e. The molecule has 1 aliphatic heterocycles. The molecule has 0 radical (unpaired) electrons. The third-order valence-electron chi connectivity index (χ3n) is 4.20. The third-order valence-corrected chi connectivity index (χ3v) is 4.20. The normalized spacial score (nSPS) is 11.9. The van der Waals surface area contributed by atoms with E-state index in [0.29, 0.717) is 42.6 Å². The number of carbonyl (C=O) groups is 1. The van der Waals surface area contributed by atoms with Gasteiger partial charge in [-0.3, -0.25) is 9.36 Å². The standard InChI is InChI=1S/C19H26N6O4/c1-24(2)9-4-8-21-16(26)12-25-11-15-18(23-19(25)27)22-17-13(28-10-7-20)5-3-6-14(17)29-15/h3,5-6,11H,4,7-10,12,20H2,1-2H3,(H,21,26)(H,22,23,27). The number of fused-ring (bicyclic) bond motifs is 2. The molecule has 10 heteroatoms. The van der Waals surface area contributed by atoms with Gasteiger partial charge in [0.15, 0.2) is 17.3 Å². The van der Waals surface area contributed by atoms with Crippen molar-refractivity contribution in [1.29, 1.82) is 0 Å². The van der Waals surface area contributed by atoms with Crippen LogP contribution in [0.4, 0.5) is 11.5 Å². The number of para-hydroxylation sites is 1. The van der Waals surface area contributed by atoms with E-state index in [1.165, 1.54) is 10.8 Å². The Bertz CT molecular complexity index is 927. The summed E-state index contributed by atoms with van der Waals surface area (Å²) in [6.45, 7) is 2.01. The fraction of sp³-hybridized carbons (Fsp3) is 0.421. The molecule has 0 bridgehead atoms. The first-order valence-corrected chi connectivity index (χ1v) is 9.41. The van der Waals surface area contributed by atoms with Gasteiger partial charge in [0, 0.05) is 13.1 Å². The van der Waals surface area contributed by atoms with Crippen LogP contribution < -0.4 is 31.5 Å². The second-order valence-electron chi connectivity index (χ2n) is 6.86. The molecular weight excluding hydrogens is 376 g/mol. The highest BCUT2D eigenvalue weighted by Gasteiger charge is 2.23. The number of benzene rings is 1. The number of nitrogens with two attached hydrogens (primary N) is 1. The van der Waals surface area contributed by atoms with Gasteiger partial charge >= 0.3 is 5.69 Å². The number of ether oxygens (including phenoxy) is 2. The summed E-state index contributed by atoms with van der Waals surface area (Å²) >= 11 is 0. The smallest absolute Gasteiger partial charge is 0.350 e. The predicted molar refractivity (Wildman–Crippen MR) is 109 cm³/mol. The zero-order valence-corrected chi connectivity index (χ0v) is 16.6. The highest BCUT2D eigenvalue weighted by molar-refractivity contribution is 5.78. The Morgan fingerprint density at radius 1 is 1.38 bits per heavy atom. The van der Waals surface area contributed by atoms with Crippen molar-refractivity contribution in [2.24, 2.45) is 5.73 Å². The van der Waals surface area contributed by atoms with Gasteiger partial charge in [-0.05, 0) is 39.2 Å². The van der Waals surface area contributed by atoms with Gasteiger partial charge in [-0.15, -0.1) is 0 Å². The maximum Gasteiger partial charge on any atom is 0.350 e. The molecule has 1 aromatic carbocycles. The quantitative estimate of drug-likeness (QED) is 0.442. The summed E-state index contributed by atoms with van der Waals surface area (Å²) in [7, 11) is 3.94. The van der Waals surface area contributed by atoms with Gasteiger partial charge in [-0.25, -0.2) is 4.79 Å². The molecule has 0 atom stereocenters. The Kier molecular flexibility index (Phi) is 6.68. The highest BCUT2D eigenvalue weighted by atomic mass is 16.5. The molecule has 29 heavy (non-hydrogen) atoms. The van der Waals surface area contributed by atoms with E-state index in [2.05, 4.69) is 15.6 Å². The van der Waals surface area contributed by atoms with Crippen LogP contribution in [-0.4, -0.2) is 60.7 Å². The lowest BCUT2D eigenvalue weighted by Gasteiger charge is -2.23. The van der Waals surface area contributed by atoms with Crippen molar-refractivity contribution in [1.82, 2.24) is 19.8 Å². The van der Waals surface area contributed by atoms with Crippen LogP contribution in [0.1, 0.15) is 6.42 Å². The van der Waals surface area contributed by atoms with E-state index in [-0.39, 0.29) is 18.3 Å². The molecule has 0 saturated heterocycles. The molecular formula is C19H26N6O4. The summed E-state index contributed by atoms with van der Waals surface area (Å²) < 4.78 is 12.7. The van der Waals surface area contributed by atoms with Gasteiger partial charge in [0.05, 0.1) is 6.20 Å². The lowest BCUT2D eigenvalue weighted by Crippen LogP contribution is -2.34. The molecule has 0 spiro atoms. The van der Waals surface area contributed by atoms with E-state index in [0.717, 1.165) is 13.0 Å². The number of hydrogen-bond donors (Lipinski definition) is 3. The van der Waals surface area contributed by atoms with Crippen LogP contribution in [0.25, 0.3) is 0 Å². The average Bonchev–Trinajstić information content (AvgIpc) is 2.69. The van der Waals surface area contributed by atoms with E-state index in [9.17, 15) is 9.59 Å². The fourth-order valence-corrected chi connectivity index (χ4v) is 2.83. The van der Waals surface area contributed by atoms with Gasteiger partial charge in [0.1, 0.15) is 24.6 Å². The number of aromatic nitrogens is 2.